The monoisotopic (exact) mass is 402 g/mol. The van der Waals surface area contributed by atoms with Gasteiger partial charge in [-0.05, 0) is 42.3 Å². The van der Waals surface area contributed by atoms with Crippen LogP contribution in [0.4, 0.5) is 4.39 Å². The highest BCUT2D eigenvalue weighted by molar-refractivity contribution is 5.76. The van der Waals surface area contributed by atoms with E-state index in [0.717, 1.165) is 29.9 Å². The summed E-state index contributed by atoms with van der Waals surface area (Å²) in [7, 11) is 0. The summed E-state index contributed by atoms with van der Waals surface area (Å²) >= 11 is 0. The quantitative estimate of drug-likeness (QED) is 0.572. The zero-order valence-corrected chi connectivity index (χ0v) is 16.1. The first-order valence-corrected chi connectivity index (χ1v) is 9.83. The number of fused-ring (bicyclic) bond motifs is 1. The fourth-order valence-electron chi connectivity index (χ4n) is 4.05. The summed E-state index contributed by atoms with van der Waals surface area (Å²) in [5.41, 5.74) is 1.68. The minimum Gasteiger partial charge on any atom is -0.315 e. The lowest BCUT2D eigenvalue weighted by Gasteiger charge is -2.17. The van der Waals surface area contributed by atoms with E-state index in [0.29, 0.717) is 18.7 Å². The number of aromatic nitrogens is 3. The second-order valence-corrected chi connectivity index (χ2v) is 7.38. The number of rotatable bonds is 3. The lowest BCUT2D eigenvalue weighted by molar-refractivity contribution is 0.499. The molecule has 7 heteroatoms. The molecule has 6 nitrogen and oxygen atoms in total. The third kappa shape index (κ3) is 3.04. The molecular formula is C23H19FN4O2. The SMILES string of the molecule is O=c1c2cc(F)cnc2n(-c2cccc(-c3ccccc3)c2)c(=O)n1[C@@H]1CCNC1. The van der Waals surface area contributed by atoms with Gasteiger partial charge in [-0.2, -0.15) is 0 Å². The molecule has 1 fully saturated rings. The first-order valence-electron chi connectivity index (χ1n) is 9.83. The predicted octanol–water partition coefficient (Wildman–Crippen LogP) is 2.89. The van der Waals surface area contributed by atoms with Crippen molar-refractivity contribution in [2.75, 3.05) is 13.1 Å². The molecule has 5 rings (SSSR count). The average molecular weight is 402 g/mol. The second kappa shape index (κ2) is 7.35. The number of hydrogen-bond acceptors (Lipinski definition) is 4. The molecule has 0 radical (unpaired) electrons. The molecule has 2 aromatic heterocycles. The molecule has 3 heterocycles. The van der Waals surface area contributed by atoms with E-state index in [1.807, 2.05) is 48.5 Å². The van der Waals surface area contributed by atoms with Crippen LogP contribution < -0.4 is 16.6 Å². The summed E-state index contributed by atoms with van der Waals surface area (Å²) in [6.07, 6.45) is 1.69. The molecular weight excluding hydrogens is 383 g/mol. The van der Waals surface area contributed by atoms with E-state index in [2.05, 4.69) is 10.3 Å². The van der Waals surface area contributed by atoms with Gasteiger partial charge in [-0.1, -0.05) is 42.5 Å². The summed E-state index contributed by atoms with van der Waals surface area (Å²) in [5, 5.41) is 3.27. The van der Waals surface area contributed by atoms with Crippen LogP contribution >= 0.6 is 0 Å². The van der Waals surface area contributed by atoms with Crippen LogP contribution in [0.5, 0.6) is 0 Å². The summed E-state index contributed by atoms with van der Waals surface area (Å²) in [4.78, 5) is 30.7. The average Bonchev–Trinajstić information content (AvgIpc) is 3.30. The van der Waals surface area contributed by atoms with Gasteiger partial charge in [0.05, 0.1) is 23.3 Å². The minimum absolute atomic E-state index is 0.0895. The number of benzene rings is 2. The van der Waals surface area contributed by atoms with Gasteiger partial charge in [0.1, 0.15) is 5.82 Å². The van der Waals surface area contributed by atoms with Crippen LogP contribution in [-0.2, 0) is 0 Å². The maximum absolute atomic E-state index is 13.9. The van der Waals surface area contributed by atoms with Crippen LogP contribution in [0.3, 0.4) is 0 Å². The molecule has 30 heavy (non-hydrogen) atoms. The molecule has 0 saturated carbocycles. The Morgan fingerprint density at radius 2 is 1.80 bits per heavy atom. The summed E-state index contributed by atoms with van der Waals surface area (Å²) in [5.74, 6) is -0.612. The zero-order valence-electron chi connectivity index (χ0n) is 16.1. The van der Waals surface area contributed by atoms with Crippen molar-refractivity contribution in [2.45, 2.75) is 12.5 Å². The lowest BCUT2D eigenvalue weighted by atomic mass is 10.1. The van der Waals surface area contributed by atoms with Crippen LogP contribution in [0.2, 0.25) is 0 Å². The van der Waals surface area contributed by atoms with Gasteiger partial charge < -0.3 is 5.32 Å². The topological polar surface area (TPSA) is 68.9 Å². The Morgan fingerprint density at radius 3 is 2.57 bits per heavy atom. The van der Waals surface area contributed by atoms with Crippen molar-refractivity contribution in [3.05, 3.63) is 93.5 Å². The van der Waals surface area contributed by atoms with Crippen molar-refractivity contribution in [3.63, 3.8) is 0 Å². The van der Waals surface area contributed by atoms with Crippen LogP contribution in [0.1, 0.15) is 12.5 Å². The Kier molecular flexibility index (Phi) is 4.52. The van der Waals surface area contributed by atoms with Crippen molar-refractivity contribution in [3.8, 4) is 16.8 Å². The van der Waals surface area contributed by atoms with E-state index < -0.39 is 17.1 Å². The van der Waals surface area contributed by atoms with Gasteiger partial charge in [-0.3, -0.25) is 9.36 Å². The van der Waals surface area contributed by atoms with E-state index in [1.165, 1.54) is 9.13 Å². The molecule has 1 aliphatic heterocycles. The van der Waals surface area contributed by atoms with Crippen LogP contribution in [-0.4, -0.2) is 27.2 Å². The van der Waals surface area contributed by atoms with Crippen molar-refractivity contribution < 1.29 is 4.39 Å². The van der Waals surface area contributed by atoms with Crippen LogP contribution in [0, 0.1) is 5.82 Å². The fraction of sp³-hybridized carbons (Fsp3) is 0.174. The fourth-order valence-corrected chi connectivity index (χ4v) is 4.05. The smallest absolute Gasteiger partial charge is 0.315 e. The molecule has 1 aliphatic rings. The van der Waals surface area contributed by atoms with Gasteiger partial charge in [-0.15, -0.1) is 0 Å². The zero-order chi connectivity index (χ0) is 20.7. The highest BCUT2D eigenvalue weighted by Gasteiger charge is 2.24. The third-order valence-corrected chi connectivity index (χ3v) is 5.50. The van der Waals surface area contributed by atoms with Crippen molar-refractivity contribution >= 4 is 11.0 Å². The van der Waals surface area contributed by atoms with E-state index in [-0.39, 0.29) is 17.1 Å². The first-order chi connectivity index (χ1) is 14.6. The van der Waals surface area contributed by atoms with Crippen LogP contribution in [0.25, 0.3) is 27.8 Å². The molecule has 1 N–H and O–H groups in total. The molecule has 0 spiro atoms. The van der Waals surface area contributed by atoms with E-state index in [9.17, 15) is 14.0 Å². The first kappa shape index (κ1) is 18.4. The van der Waals surface area contributed by atoms with Gasteiger partial charge in [0.15, 0.2) is 5.65 Å². The Hall–Kier alpha value is -3.58. The van der Waals surface area contributed by atoms with Crippen molar-refractivity contribution in [1.29, 1.82) is 0 Å². The van der Waals surface area contributed by atoms with E-state index in [1.54, 1.807) is 6.07 Å². The molecule has 2 aromatic carbocycles. The molecule has 150 valence electrons. The number of nitrogens with one attached hydrogen (secondary N) is 1. The Bertz CT molecular complexity index is 1360. The Morgan fingerprint density at radius 1 is 1.00 bits per heavy atom. The molecule has 0 unspecified atom stereocenters. The number of hydrogen-bond donors (Lipinski definition) is 1. The maximum atomic E-state index is 13.9. The molecule has 1 atom stereocenters. The van der Waals surface area contributed by atoms with E-state index >= 15 is 0 Å². The van der Waals surface area contributed by atoms with Gasteiger partial charge >= 0.3 is 5.69 Å². The molecule has 0 bridgehead atoms. The molecule has 0 amide bonds. The standard InChI is InChI=1S/C23H19FN4O2/c24-17-12-20-21(26-13-17)27(23(30)28(22(20)29)19-9-10-25-14-19)18-8-4-7-16(11-18)15-5-2-1-3-6-15/h1-8,11-13,19,25H,9-10,14H2/t19-/m1/s1. The van der Waals surface area contributed by atoms with Gasteiger partial charge in [0, 0.05) is 6.54 Å². The maximum Gasteiger partial charge on any atom is 0.337 e. The van der Waals surface area contributed by atoms with Crippen LogP contribution in [0.15, 0.2) is 76.4 Å². The molecule has 0 aliphatic carbocycles. The van der Waals surface area contributed by atoms with Crippen molar-refractivity contribution in [2.24, 2.45) is 0 Å². The second-order valence-electron chi connectivity index (χ2n) is 7.38. The number of pyridine rings is 1. The molecule has 1 saturated heterocycles. The highest BCUT2D eigenvalue weighted by Crippen LogP contribution is 2.23. The van der Waals surface area contributed by atoms with E-state index in [4.69, 9.17) is 0 Å². The number of nitrogens with zero attached hydrogens (tertiary/aromatic N) is 3. The summed E-state index contributed by atoms with van der Waals surface area (Å²) in [6.45, 7) is 1.24. The predicted molar refractivity (Wildman–Crippen MR) is 114 cm³/mol. The van der Waals surface area contributed by atoms with Crippen molar-refractivity contribution in [1.82, 2.24) is 19.4 Å². The van der Waals surface area contributed by atoms with Gasteiger partial charge in [0.25, 0.3) is 5.56 Å². The minimum atomic E-state index is -0.612. The third-order valence-electron chi connectivity index (χ3n) is 5.50. The van der Waals surface area contributed by atoms with Gasteiger partial charge in [-0.25, -0.2) is 18.7 Å². The summed E-state index contributed by atoms with van der Waals surface area (Å²) in [6, 6.07) is 18.2. The lowest BCUT2D eigenvalue weighted by Crippen LogP contribution is -2.42. The highest BCUT2D eigenvalue weighted by atomic mass is 19.1. The largest absolute Gasteiger partial charge is 0.337 e. The normalized spacial score (nSPS) is 16.2. The number of halogens is 1. The van der Waals surface area contributed by atoms with Gasteiger partial charge in [0.2, 0.25) is 0 Å². The summed E-state index contributed by atoms with van der Waals surface area (Å²) < 4.78 is 16.6. The Labute approximate surface area is 171 Å². The molecule has 4 aromatic rings. The Balaban J connectivity index is 1.81.